The molecule has 0 bridgehead atoms. The van der Waals surface area contributed by atoms with Gasteiger partial charge in [0.05, 0.1) is 6.54 Å². The van der Waals surface area contributed by atoms with Crippen LogP contribution in [0.15, 0.2) is 54.6 Å². The lowest BCUT2D eigenvalue weighted by Gasteiger charge is -2.17. The number of para-hydroxylation sites is 1. The minimum atomic E-state index is -0.246. The van der Waals surface area contributed by atoms with Gasteiger partial charge in [-0.25, -0.2) is 0 Å². The lowest BCUT2D eigenvalue weighted by molar-refractivity contribution is -0.0914. The topological polar surface area (TPSA) is 30.5 Å². The summed E-state index contributed by atoms with van der Waals surface area (Å²) in [6.45, 7) is 0.608. The molecule has 0 amide bonds. The molecule has 0 radical (unpaired) electrons. The number of methoxy groups -OCH3 is 2. The fourth-order valence-corrected chi connectivity index (χ4v) is 1.96. The summed E-state index contributed by atoms with van der Waals surface area (Å²) < 4.78 is 10.4. The highest BCUT2D eigenvalue weighted by Gasteiger charge is 2.07. The number of ether oxygens (including phenoxy) is 2. The molecule has 2 aromatic carbocycles. The summed E-state index contributed by atoms with van der Waals surface area (Å²) in [5, 5.41) is 3.36. The van der Waals surface area contributed by atoms with Crippen molar-refractivity contribution >= 4 is 5.69 Å². The first-order valence-corrected chi connectivity index (χ1v) is 6.29. The molecule has 0 aromatic heterocycles. The summed E-state index contributed by atoms with van der Waals surface area (Å²) in [7, 11) is 3.28. The van der Waals surface area contributed by atoms with Gasteiger partial charge in [-0.1, -0.05) is 48.5 Å². The maximum atomic E-state index is 5.18. The van der Waals surface area contributed by atoms with Crippen LogP contribution in [0.4, 0.5) is 5.69 Å². The largest absolute Gasteiger partial charge is 0.379 e. The van der Waals surface area contributed by atoms with Crippen LogP contribution < -0.4 is 5.32 Å². The number of benzene rings is 2. The number of hydrogen-bond donors (Lipinski definition) is 1. The Labute approximate surface area is 114 Å². The van der Waals surface area contributed by atoms with Crippen molar-refractivity contribution in [1.29, 1.82) is 0 Å². The molecule has 3 nitrogen and oxygen atoms in total. The molecule has 0 aliphatic heterocycles. The Hall–Kier alpha value is -1.84. The molecule has 100 valence electrons. The van der Waals surface area contributed by atoms with Gasteiger partial charge < -0.3 is 14.8 Å². The third-order valence-electron chi connectivity index (χ3n) is 3.00. The van der Waals surface area contributed by atoms with E-state index >= 15 is 0 Å². The van der Waals surface area contributed by atoms with Crippen LogP contribution in [0.3, 0.4) is 0 Å². The van der Waals surface area contributed by atoms with Crippen molar-refractivity contribution in [2.24, 2.45) is 0 Å². The fourth-order valence-electron chi connectivity index (χ4n) is 1.96. The zero-order chi connectivity index (χ0) is 13.5. The third-order valence-corrected chi connectivity index (χ3v) is 3.00. The monoisotopic (exact) mass is 257 g/mol. The maximum absolute atomic E-state index is 5.18. The van der Waals surface area contributed by atoms with Crippen LogP contribution in [0, 0.1) is 0 Å². The van der Waals surface area contributed by atoms with Gasteiger partial charge in [0.2, 0.25) is 0 Å². The summed E-state index contributed by atoms with van der Waals surface area (Å²) in [6, 6.07) is 18.5. The quantitative estimate of drug-likeness (QED) is 0.805. The van der Waals surface area contributed by atoms with Gasteiger partial charge in [-0.3, -0.25) is 0 Å². The molecule has 2 aromatic rings. The summed E-state index contributed by atoms with van der Waals surface area (Å²) in [6.07, 6.45) is -0.246. The van der Waals surface area contributed by atoms with Crippen LogP contribution in [-0.4, -0.2) is 27.1 Å². The Bertz CT molecular complexity index is 495. The Morgan fingerprint density at radius 2 is 1.53 bits per heavy atom. The molecular formula is C16H19NO2. The predicted octanol–water partition coefficient (Wildman–Crippen LogP) is 3.38. The van der Waals surface area contributed by atoms with Gasteiger partial charge in [-0.15, -0.1) is 0 Å². The van der Waals surface area contributed by atoms with E-state index in [2.05, 4.69) is 29.6 Å². The Balaban J connectivity index is 2.17. The van der Waals surface area contributed by atoms with Gasteiger partial charge in [0.15, 0.2) is 6.29 Å². The van der Waals surface area contributed by atoms with Gasteiger partial charge in [0.1, 0.15) is 0 Å². The second kappa shape index (κ2) is 6.92. The van der Waals surface area contributed by atoms with E-state index in [9.17, 15) is 0 Å². The normalized spacial score (nSPS) is 10.7. The van der Waals surface area contributed by atoms with Crippen molar-refractivity contribution in [1.82, 2.24) is 0 Å². The molecule has 0 saturated carbocycles. The molecular weight excluding hydrogens is 238 g/mol. The van der Waals surface area contributed by atoms with Crippen molar-refractivity contribution in [3.63, 3.8) is 0 Å². The van der Waals surface area contributed by atoms with Crippen molar-refractivity contribution < 1.29 is 9.47 Å². The highest BCUT2D eigenvalue weighted by Crippen LogP contribution is 2.27. The molecule has 0 aliphatic rings. The molecule has 0 saturated heterocycles. The lowest BCUT2D eigenvalue weighted by Crippen LogP contribution is -2.23. The van der Waals surface area contributed by atoms with Crippen LogP contribution >= 0.6 is 0 Å². The summed E-state index contributed by atoms with van der Waals surface area (Å²) in [5.41, 5.74) is 3.44. The number of hydrogen-bond acceptors (Lipinski definition) is 3. The van der Waals surface area contributed by atoms with E-state index in [4.69, 9.17) is 9.47 Å². The second-order valence-electron chi connectivity index (χ2n) is 4.19. The first kappa shape index (κ1) is 13.6. The van der Waals surface area contributed by atoms with Gasteiger partial charge >= 0.3 is 0 Å². The van der Waals surface area contributed by atoms with Gasteiger partial charge in [-0.2, -0.15) is 0 Å². The Kier molecular flexibility index (Phi) is 4.95. The third kappa shape index (κ3) is 3.56. The lowest BCUT2D eigenvalue weighted by atomic mass is 10.0. The molecule has 0 aliphatic carbocycles. The molecule has 3 heteroatoms. The number of rotatable bonds is 6. The Morgan fingerprint density at radius 3 is 2.21 bits per heavy atom. The van der Waals surface area contributed by atoms with E-state index in [1.165, 1.54) is 11.1 Å². The van der Waals surface area contributed by atoms with Crippen molar-refractivity contribution in [3.8, 4) is 11.1 Å². The minimum Gasteiger partial charge on any atom is -0.379 e. The van der Waals surface area contributed by atoms with E-state index < -0.39 is 0 Å². The molecule has 0 atom stereocenters. The van der Waals surface area contributed by atoms with E-state index in [-0.39, 0.29) is 6.29 Å². The van der Waals surface area contributed by atoms with Gasteiger partial charge in [-0.05, 0) is 11.6 Å². The van der Waals surface area contributed by atoms with Crippen LogP contribution in [0.2, 0.25) is 0 Å². The zero-order valence-corrected chi connectivity index (χ0v) is 11.3. The molecule has 19 heavy (non-hydrogen) atoms. The van der Waals surface area contributed by atoms with E-state index in [1.807, 2.05) is 30.3 Å². The van der Waals surface area contributed by atoms with Crippen LogP contribution in [0.1, 0.15) is 0 Å². The first-order valence-electron chi connectivity index (χ1n) is 6.29. The van der Waals surface area contributed by atoms with E-state index in [1.54, 1.807) is 14.2 Å². The molecule has 0 heterocycles. The summed E-state index contributed by atoms with van der Waals surface area (Å²) in [4.78, 5) is 0. The summed E-state index contributed by atoms with van der Waals surface area (Å²) in [5.74, 6) is 0. The highest BCUT2D eigenvalue weighted by molar-refractivity contribution is 5.77. The molecule has 0 spiro atoms. The maximum Gasteiger partial charge on any atom is 0.173 e. The average Bonchev–Trinajstić information content (AvgIpc) is 2.49. The summed E-state index contributed by atoms with van der Waals surface area (Å²) >= 11 is 0. The smallest absolute Gasteiger partial charge is 0.173 e. The highest BCUT2D eigenvalue weighted by atomic mass is 16.7. The standard InChI is InChI=1S/C16H19NO2/c1-18-16(19-2)12-17-15-11-7-6-10-14(15)13-8-4-3-5-9-13/h3-11,16-17H,12H2,1-2H3. The number of anilines is 1. The van der Waals surface area contributed by atoms with Crippen molar-refractivity contribution in [2.75, 3.05) is 26.1 Å². The first-order chi connectivity index (χ1) is 9.35. The SMILES string of the molecule is COC(CNc1ccccc1-c1ccccc1)OC. The fraction of sp³-hybridized carbons (Fsp3) is 0.250. The van der Waals surface area contributed by atoms with Crippen molar-refractivity contribution in [3.05, 3.63) is 54.6 Å². The minimum absolute atomic E-state index is 0.246. The van der Waals surface area contributed by atoms with Gasteiger partial charge in [0.25, 0.3) is 0 Å². The average molecular weight is 257 g/mol. The Morgan fingerprint density at radius 1 is 0.895 bits per heavy atom. The van der Waals surface area contributed by atoms with E-state index in [0.717, 1.165) is 5.69 Å². The van der Waals surface area contributed by atoms with Crippen molar-refractivity contribution in [2.45, 2.75) is 6.29 Å². The van der Waals surface area contributed by atoms with Crippen LogP contribution in [0.5, 0.6) is 0 Å². The van der Waals surface area contributed by atoms with Crippen LogP contribution in [0.25, 0.3) is 11.1 Å². The second-order valence-corrected chi connectivity index (χ2v) is 4.19. The predicted molar refractivity (Wildman–Crippen MR) is 78.2 cm³/mol. The molecule has 2 rings (SSSR count). The van der Waals surface area contributed by atoms with Crippen LogP contribution in [-0.2, 0) is 9.47 Å². The molecule has 0 fully saturated rings. The molecule has 0 unspecified atom stereocenters. The van der Waals surface area contributed by atoms with Gasteiger partial charge in [0, 0.05) is 25.5 Å². The number of nitrogens with one attached hydrogen (secondary N) is 1. The zero-order valence-electron chi connectivity index (χ0n) is 11.3. The molecule has 1 N–H and O–H groups in total. The van der Waals surface area contributed by atoms with E-state index in [0.29, 0.717) is 6.54 Å².